The van der Waals surface area contributed by atoms with Crippen molar-refractivity contribution in [1.82, 2.24) is 9.80 Å². The molecule has 0 bridgehead atoms. The Hall–Kier alpha value is -0.210. The maximum Gasteiger partial charge on any atom is 0.0479 e. The van der Waals surface area contributed by atoms with Gasteiger partial charge < -0.3 is 9.80 Å². The second kappa shape index (κ2) is 4.58. The molecule has 0 amide bonds. The summed E-state index contributed by atoms with van der Waals surface area (Å²) in [5.74, 6) is 0. The van der Waals surface area contributed by atoms with Crippen molar-refractivity contribution in [1.29, 1.82) is 0 Å². The maximum atomic E-state index is 5.85. The molecule has 0 aliphatic heterocycles. The molecule has 0 aromatic heterocycles. The molecule has 0 radical (unpaired) electrons. The van der Waals surface area contributed by atoms with Crippen LogP contribution < -0.4 is 0 Å². The lowest BCUT2D eigenvalue weighted by Crippen LogP contribution is -2.14. The van der Waals surface area contributed by atoms with Gasteiger partial charge in [-0.15, -0.1) is 0 Å². The highest BCUT2D eigenvalue weighted by atomic mass is 35.5. The maximum absolute atomic E-state index is 5.85. The van der Waals surface area contributed by atoms with Crippen molar-refractivity contribution in [3.63, 3.8) is 0 Å². The van der Waals surface area contributed by atoms with Gasteiger partial charge in [-0.25, -0.2) is 0 Å². The Balaban J connectivity index is 3.71. The van der Waals surface area contributed by atoms with Gasteiger partial charge in [0.2, 0.25) is 0 Å². The van der Waals surface area contributed by atoms with Crippen LogP contribution in [-0.2, 0) is 0 Å². The van der Waals surface area contributed by atoms with E-state index in [1.165, 1.54) is 0 Å². The molecule has 0 aliphatic rings. The molecule has 0 aromatic carbocycles. The van der Waals surface area contributed by atoms with Crippen molar-refractivity contribution < 1.29 is 0 Å². The van der Waals surface area contributed by atoms with Gasteiger partial charge in [0.25, 0.3) is 0 Å². The van der Waals surface area contributed by atoms with Gasteiger partial charge in [0, 0.05) is 31.9 Å². The van der Waals surface area contributed by atoms with Gasteiger partial charge in [-0.1, -0.05) is 11.6 Å². The van der Waals surface area contributed by atoms with Gasteiger partial charge in [-0.05, 0) is 14.1 Å². The van der Waals surface area contributed by atoms with Gasteiger partial charge in [0.15, 0.2) is 0 Å². The molecule has 0 N–H and O–H groups in total. The highest BCUT2D eigenvalue weighted by molar-refractivity contribution is 6.29. The molecule has 0 rings (SSSR count). The van der Waals surface area contributed by atoms with Gasteiger partial charge >= 0.3 is 0 Å². The minimum atomic E-state index is 0.805. The fourth-order valence-electron chi connectivity index (χ4n) is 0.623. The average Bonchev–Trinajstić information content (AvgIpc) is 1.58. The SMILES string of the molecule is CN(C)/C=C(/Cl)CN(C)C. The van der Waals surface area contributed by atoms with Crippen LogP contribution in [0.15, 0.2) is 11.2 Å². The van der Waals surface area contributed by atoms with E-state index in [0.29, 0.717) is 0 Å². The Morgan fingerprint density at radius 1 is 1.30 bits per heavy atom. The highest BCUT2D eigenvalue weighted by Crippen LogP contribution is 2.01. The number of hydrogen-bond donors (Lipinski definition) is 0. The summed E-state index contributed by atoms with van der Waals surface area (Å²) in [5.41, 5.74) is 0. The third-order valence-corrected chi connectivity index (χ3v) is 1.08. The molecular weight excluding hydrogens is 148 g/mol. The summed E-state index contributed by atoms with van der Waals surface area (Å²) < 4.78 is 0. The van der Waals surface area contributed by atoms with Crippen molar-refractivity contribution in [2.24, 2.45) is 0 Å². The quantitative estimate of drug-likeness (QED) is 0.615. The molecule has 10 heavy (non-hydrogen) atoms. The molecule has 0 saturated heterocycles. The van der Waals surface area contributed by atoms with Crippen LogP contribution >= 0.6 is 11.6 Å². The summed E-state index contributed by atoms with van der Waals surface area (Å²) in [7, 11) is 7.90. The van der Waals surface area contributed by atoms with Crippen LogP contribution in [0.5, 0.6) is 0 Å². The van der Waals surface area contributed by atoms with Crippen LogP contribution in [-0.4, -0.2) is 44.5 Å². The first-order chi connectivity index (χ1) is 4.52. The topological polar surface area (TPSA) is 6.48 Å². The minimum absolute atomic E-state index is 0.805. The predicted molar refractivity (Wildman–Crippen MR) is 46.2 cm³/mol. The number of rotatable bonds is 3. The molecule has 3 heteroatoms. The Bertz CT molecular complexity index is 119. The zero-order valence-corrected chi connectivity index (χ0v) is 7.81. The van der Waals surface area contributed by atoms with Crippen molar-refractivity contribution in [2.75, 3.05) is 34.7 Å². The summed E-state index contributed by atoms with van der Waals surface area (Å²) in [6.07, 6.45) is 1.90. The van der Waals surface area contributed by atoms with Crippen LogP contribution in [0.3, 0.4) is 0 Å². The fraction of sp³-hybridized carbons (Fsp3) is 0.714. The predicted octanol–water partition coefficient (Wildman–Crippen LogP) is 1.19. The van der Waals surface area contributed by atoms with Crippen LogP contribution in [0.1, 0.15) is 0 Å². The van der Waals surface area contributed by atoms with Crippen molar-refractivity contribution in [3.8, 4) is 0 Å². The van der Waals surface area contributed by atoms with Gasteiger partial charge in [0.1, 0.15) is 0 Å². The van der Waals surface area contributed by atoms with Crippen LogP contribution in [0.25, 0.3) is 0 Å². The fourth-order valence-corrected chi connectivity index (χ4v) is 1.06. The zero-order chi connectivity index (χ0) is 8.15. The van der Waals surface area contributed by atoms with E-state index in [2.05, 4.69) is 0 Å². The van der Waals surface area contributed by atoms with E-state index >= 15 is 0 Å². The molecular formula is C7H15ClN2. The Labute approximate surface area is 68.1 Å². The molecule has 2 nitrogen and oxygen atoms in total. The average molecular weight is 163 g/mol. The second-order valence-corrected chi connectivity index (χ2v) is 3.26. The van der Waals surface area contributed by atoms with E-state index in [1.807, 2.05) is 44.2 Å². The molecule has 0 saturated carbocycles. The number of halogens is 1. The van der Waals surface area contributed by atoms with E-state index in [1.54, 1.807) is 0 Å². The summed E-state index contributed by atoms with van der Waals surface area (Å²) in [6.45, 7) is 0.805. The van der Waals surface area contributed by atoms with E-state index in [-0.39, 0.29) is 0 Å². The molecule has 0 fully saturated rings. The van der Waals surface area contributed by atoms with E-state index in [9.17, 15) is 0 Å². The Morgan fingerprint density at radius 2 is 1.80 bits per heavy atom. The van der Waals surface area contributed by atoms with E-state index in [4.69, 9.17) is 11.6 Å². The van der Waals surface area contributed by atoms with Crippen LogP contribution in [0.2, 0.25) is 0 Å². The van der Waals surface area contributed by atoms with E-state index < -0.39 is 0 Å². The smallest absolute Gasteiger partial charge is 0.0479 e. The van der Waals surface area contributed by atoms with E-state index in [0.717, 1.165) is 11.6 Å². The number of likely N-dealkylation sites (N-methyl/N-ethyl adjacent to an activating group) is 1. The Kier molecular flexibility index (Phi) is 4.49. The van der Waals surface area contributed by atoms with Crippen LogP contribution in [0, 0.1) is 0 Å². The molecule has 0 aromatic rings. The molecule has 0 spiro atoms. The number of hydrogen-bond acceptors (Lipinski definition) is 2. The standard InChI is InChI=1S/C7H15ClN2/c1-9(2)5-7(8)6-10(3)4/h5H,6H2,1-4H3/b7-5+. The highest BCUT2D eigenvalue weighted by Gasteiger charge is 1.93. The molecule has 0 aliphatic carbocycles. The first-order valence-electron chi connectivity index (χ1n) is 3.19. The number of nitrogens with zero attached hydrogens (tertiary/aromatic N) is 2. The van der Waals surface area contributed by atoms with Crippen LogP contribution in [0.4, 0.5) is 0 Å². The van der Waals surface area contributed by atoms with Crippen molar-refractivity contribution in [2.45, 2.75) is 0 Å². The van der Waals surface area contributed by atoms with Crippen molar-refractivity contribution in [3.05, 3.63) is 11.2 Å². The molecule has 0 heterocycles. The summed E-state index contributed by atoms with van der Waals surface area (Å²) >= 11 is 5.85. The summed E-state index contributed by atoms with van der Waals surface area (Å²) in [6, 6.07) is 0. The monoisotopic (exact) mass is 162 g/mol. The lowest BCUT2D eigenvalue weighted by Gasteiger charge is -2.10. The lowest BCUT2D eigenvalue weighted by atomic mass is 10.5. The molecule has 0 atom stereocenters. The van der Waals surface area contributed by atoms with Gasteiger partial charge in [-0.2, -0.15) is 0 Å². The normalized spacial score (nSPS) is 12.4. The third-order valence-electron chi connectivity index (χ3n) is 0.866. The Morgan fingerprint density at radius 3 is 2.10 bits per heavy atom. The summed E-state index contributed by atoms with van der Waals surface area (Å²) in [5, 5.41) is 0.856. The first-order valence-corrected chi connectivity index (χ1v) is 3.57. The third kappa shape index (κ3) is 5.92. The zero-order valence-electron chi connectivity index (χ0n) is 7.06. The lowest BCUT2D eigenvalue weighted by molar-refractivity contribution is 0.447. The minimum Gasteiger partial charge on any atom is -0.383 e. The van der Waals surface area contributed by atoms with Gasteiger partial charge in [0.05, 0.1) is 0 Å². The largest absolute Gasteiger partial charge is 0.383 e. The van der Waals surface area contributed by atoms with Gasteiger partial charge in [-0.3, -0.25) is 0 Å². The molecule has 60 valence electrons. The summed E-state index contributed by atoms with van der Waals surface area (Å²) in [4.78, 5) is 3.97. The first kappa shape index (κ1) is 9.79. The molecule has 0 unspecified atom stereocenters. The van der Waals surface area contributed by atoms with Crippen molar-refractivity contribution >= 4 is 11.6 Å². The second-order valence-electron chi connectivity index (χ2n) is 2.78.